The fraction of sp³-hybridized carbons (Fsp3) is 0.0588. The molecule has 0 fully saturated rings. The first kappa shape index (κ1) is 14.2. The number of phenols is 1. The summed E-state index contributed by atoms with van der Waals surface area (Å²) in [4.78, 5) is 4.42. The summed E-state index contributed by atoms with van der Waals surface area (Å²) in [5.41, 5.74) is 9.56. The van der Waals surface area contributed by atoms with Gasteiger partial charge in [-0.15, -0.1) is 16.4 Å². The fourth-order valence-corrected chi connectivity index (χ4v) is 4.12. The summed E-state index contributed by atoms with van der Waals surface area (Å²) in [7, 11) is 0. The summed E-state index contributed by atoms with van der Waals surface area (Å²) in [6, 6.07) is 7.59. The molecule has 8 heteroatoms. The van der Waals surface area contributed by atoms with Crippen molar-refractivity contribution in [3.05, 3.63) is 58.9 Å². The molecule has 1 atom stereocenters. The lowest BCUT2D eigenvalue weighted by molar-refractivity contribution is 0.467. The molecule has 0 spiro atoms. The maximum absolute atomic E-state index is 14.5. The van der Waals surface area contributed by atoms with Gasteiger partial charge >= 0.3 is 0 Å². The molecule has 1 aromatic carbocycles. The Morgan fingerprint density at radius 2 is 2.12 bits per heavy atom. The van der Waals surface area contributed by atoms with E-state index in [1.54, 1.807) is 16.8 Å². The highest BCUT2D eigenvalue weighted by molar-refractivity contribution is 7.14. The van der Waals surface area contributed by atoms with Crippen molar-refractivity contribution in [3.8, 4) is 17.0 Å². The van der Waals surface area contributed by atoms with Gasteiger partial charge in [-0.1, -0.05) is 6.07 Å². The van der Waals surface area contributed by atoms with Crippen LogP contribution in [0.25, 0.3) is 16.8 Å². The van der Waals surface area contributed by atoms with E-state index in [-0.39, 0.29) is 11.7 Å². The molecule has 5 rings (SSSR count). The molecule has 3 aromatic heterocycles. The van der Waals surface area contributed by atoms with E-state index in [9.17, 15) is 9.50 Å². The number of nitrogen functional groups attached to an aromatic ring is 1. The molecule has 0 saturated heterocycles. The molecule has 1 aliphatic rings. The molecule has 0 radical (unpaired) electrons. The van der Waals surface area contributed by atoms with Crippen molar-refractivity contribution < 1.29 is 9.50 Å². The Kier molecular flexibility index (Phi) is 2.81. The molecule has 4 heterocycles. The van der Waals surface area contributed by atoms with E-state index in [1.165, 1.54) is 17.4 Å². The van der Waals surface area contributed by atoms with Crippen molar-refractivity contribution in [1.82, 2.24) is 14.6 Å². The minimum Gasteiger partial charge on any atom is -0.508 e. The predicted molar refractivity (Wildman–Crippen MR) is 94.2 cm³/mol. The van der Waals surface area contributed by atoms with Crippen LogP contribution in [0.5, 0.6) is 5.75 Å². The molecule has 4 aromatic rings. The predicted octanol–water partition coefficient (Wildman–Crippen LogP) is 3.40. The molecule has 4 N–H and O–H groups in total. The second-order valence-electron chi connectivity index (χ2n) is 5.83. The molecule has 124 valence electrons. The van der Waals surface area contributed by atoms with E-state index < -0.39 is 11.9 Å². The molecule has 6 nitrogen and oxygen atoms in total. The van der Waals surface area contributed by atoms with Crippen LogP contribution in [-0.2, 0) is 0 Å². The van der Waals surface area contributed by atoms with Crippen LogP contribution < -0.4 is 11.1 Å². The Balaban J connectivity index is 1.85. The number of aromatic nitrogens is 3. The number of anilines is 2. The number of benzene rings is 1. The van der Waals surface area contributed by atoms with Crippen LogP contribution in [0.4, 0.5) is 15.3 Å². The zero-order valence-corrected chi connectivity index (χ0v) is 13.6. The highest BCUT2D eigenvalue weighted by Gasteiger charge is 2.29. The molecule has 1 aliphatic heterocycles. The van der Waals surface area contributed by atoms with Crippen molar-refractivity contribution in [2.45, 2.75) is 6.04 Å². The third-order valence-electron chi connectivity index (χ3n) is 4.36. The van der Waals surface area contributed by atoms with Gasteiger partial charge < -0.3 is 16.2 Å². The largest absolute Gasteiger partial charge is 0.508 e. The van der Waals surface area contributed by atoms with Crippen LogP contribution in [0.2, 0.25) is 0 Å². The second kappa shape index (κ2) is 4.93. The third kappa shape index (κ3) is 2.01. The summed E-state index contributed by atoms with van der Waals surface area (Å²) < 4.78 is 16.2. The average molecular weight is 353 g/mol. The number of rotatable bonds is 1. The van der Waals surface area contributed by atoms with Crippen LogP contribution in [0.3, 0.4) is 0 Å². The van der Waals surface area contributed by atoms with Crippen molar-refractivity contribution in [2.75, 3.05) is 11.1 Å². The highest BCUT2D eigenvalue weighted by atomic mass is 32.1. The van der Waals surface area contributed by atoms with Crippen LogP contribution >= 0.6 is 11.3 Å². The van der Waals surface area contributed by atoms with E-state index in [0.717, 1.165) is 33.4 Å². The molecule has 0 saturated carbocycles. The van der Waals surface area contributed by atoms with E-state index in [0.29, 0.717) is 5.56 Å². The number of nitrogens with two attached hydrogens (primary N) is 1. The lowest BCUT2D eigenvalue weighted by Gasteiger charge is -2.18. The maximum Gasteiger partial charge on any atom is 0.238 e. The van der Waals surface area contributed by atoms with Gasteiger partial charge in [-0.25, -0.2) is 13.9 Å². The molecule has 1 unspecified atom stereocenters. The van der Waals surface area contributed by atoms with Gasteiger partial charge in [0.25, 0.3) is 0 Å². The van der Waals surface area contributed by atoms with Crippen molar-refractivity contribution in [2.24, 2.45) is 0 Å². The van der Waals surface area contributed by atoms with Crippen molar-refractivity contribution in [3.63, 3.8) is 0 Å². The molecular formula is C17H12FN5OS. The van der Waals surface area contributed by atoms with Gasteiger partial charge in [-0.3, -0.25) is 0 Å². The Morgan fingerprint density at radius 1 is 1.24 bits per heavy atom. The number of aromatic hydroxyl groups is 1. The molecule has 0 amide bonds. The van der Waals surface area contributed by atoms with Gasteiger partial charge in [0.05, 0.1) is 16.6 Å². The zero-order valence-electron chi connectivity index (χ0n) is 12.8. The number of hydrogen-bond acceptors (Lipinski definition) is 6. The van der Waals surface area contributed by atoms with Crippen LogP contribution in [0, 0.1) is 5.82 Å². The lowest BCUT2D eigenvalue weighted by atomic mass is 9.99. The Hall–Kier alpha value is -3.13. The van der Waals surface area contributed by atoms with Gasteiger partial charge in [0.1, 0.15) is 17.3 Å². The van der Waals surface area contributed by atoms with Gasteiger partial charge in [-0.05, 0) is 23.6 Å². The number of phenolic OH excluding ortho intramolecular Hbond substituents is 1. The Bertz CT molecular complexity index is 1140. The fourth-order valence-electron chi connectivity index (χ4n) is 3.30. The molecule has 0 bridgehead atoms. The lowest BCUT2D eigenvalue weighted by Crippen LogP contribution is -2.12. The maximum atomic E-state index is 14.5. The Labute approximate surface area is 145 Å². The minimum absolute atomic E-state index is 0.106. The Morgan fingerprint density at radius 3 is 2.96 bits per heavy atom. The van der Waals surface area contributed by atoms with Crippen molar-refractivity contribution in [1.29, 1.82) is 0 Å². The SMILES string of the molecule is Nc1nc2c3c(ccn3n1)C(c1ccc(O)cc1F)Nc1sccc1-2. The number of hydrogen-bond donors (Lipinski definition) is 3. The number of thiophene rings is 1. The van der Waals surface area contributed by atoms with Gasteiger partial charge in [0.15, 0.2) is 0 Å². The normalized spacial score (nSPS) is 15.6. The zero-order chi connectivity index (χ0) is 17.1. The molecule has 25 heavy (non-hydrogen) atoms. The summed E-state index contributed by atoms with van der Waals surface area (Å²) in [6.45, 7) is 0. The van der Waals surface area contributed by atoms with E-state index >= 15 is 0 Å². The summed E-state index contributed by atoms with van der Waals surface area (Å²) >= 11 is 1.52. The standard InChI is InChI=1S/C17H12FN5OS/c18-12-7-8(24)1-2-9(12)13-10-3-5-23-15(10)14(21-17(19)22-23)11-4-6-25-16(11)20-13/h1-7,13,20,24H,(H2,19,22). The van der Waals surface area contributed by atoms with E-state index in [2.05, 4.69) is 15.4 Å². The smallest absolute Gasteiger partial charge is 0.238 e. The molecule has 0 aliphatic carbocycles. The molecular weight excluding hydrogens is 341 g/mol. The second-order valence-corrected chi connectivity index (χ2v) is 6.75. The van der Waals surface area contributed by atoms with Crippen molar-refractivity contribution >= 4 is 27.8 Å². The monoisotopic (exact) mass is 353 g/mol. The average Bonchev–Trinajstić information content (AvgIpc) is 3.16. The number of nitrogens with zero attached hydrogens (tertiary/aromatic N) is 3. The number of fused-ring (bicyclic) bond motifs is 2. The third-order valence-corrected chi connectivity index (χ3v) is 5.21. The number of halogens is 1. The van der Waals surface area contributed by atoms with Crippen LogP contribution in [-0.4, -0.2) is 19.7 Å². The minimum atomic E-state index is -0.477. The summed E-state index contributed by atoms with van der Waals surface area (Å²) in [5, 5.41) is 20.0. The van der Waals surface area contributed by atoms with Crippen LogP contribution in [0.15, 0.2) is 41.9 Å². The van der Waals surface area contributed by atoms with Gasteiger partial charge in [0, 0.05) is 29.0 Å². The topological polar surface area (TPSA) is 88.5 Å². The summed E-state index contributed by atoms with van der Waals surface area (Å²) in [6.07, 6.45) is 1.79. The first-order valence-corrected chi connectivity index (χ1v) is 8.47. The van der Waals surface area contributed by atoms with E-state index in [1.807, 2.05) is 17.5 Å². The quantitative estimate of drug-likeness (QED) is 0.488. The first-order chi connectivity index (χ1) is 12.1. The van der Waals surface area contributed by atoms with Gasteiger partial charge in [0.2, 0.25) is 5.95 Å². The van der Waals surface area contributed by atoms with Gasteiger partial charge in [-0.2, -0.15) is 0 Å². The first-order valence-electron chi connectivity index (χ1n) is 7.59. The number of nitrogens with one attached hydrogen (secondary N) is 1. The summed E-state index contributed by atoms with van der Waals surface area (Å²) in [5.74, 6) is -0.406. The van der Waals surface area contributed by atoms with Crippen LogP contribution in [0.1, 0.15) is 17.2 Å². The van der Waals surface area contributed by atoms with E-state index in [4.69, 9.17) is 5.73 Å². The highest BCUT2D eigenvalue weighted by Crippen LogP contribution is 2.44.